The first kappa shape index (κ1) is 13.7. The van der Waals surface area contributed by atoms with Crippen LogP contribution in [-0.2, 0) is 0 Å². The number of nitrogens with one attached hydrogen (secondary N) is 1. The third-order valence-electron chi connectivity index (χ3n) is 5.85. The van der Waals surface area contributed by atoms with Crippen LogP contribution in [-0.4, -0.2) is 16.0 Å². The van der Waals surface area contributed by atoms with E-state index < -0.39 is 0 Å². The van der Waals surface area contributed by atoms with Crippen molar-refractivity contribution >= 4 is 11.6 Å². The quantitative estimate of drug-likeness (QED) is 0.868. The number of nitrogen functional groups attached to an aromatic ring is 1. The average molecular weight is 274 g/mol. The van der Waals surface area contributed by atoms with Crippen LogP contribution in [0, 0.1) is 30.6 Å². The highest BCUT2D eigenvalue weighted by atomic mass is 15.1. The average Bonchev–Trinajstić information content (AvgIpc) is 2.81. The standard InChI is InChI=1S/C16H26N4/c1-9-12(17)18-10(2)19-13(9)20-14-15(3,4)11-6-7-16(14,5)8-11/h11,14H,6-8H2,1-5H3,(H3,17,18,19,20). The monoisotopic (exact) mass is 274 g/mol. The second kappa shape index (κ2) is 4.09. The molecule has 0 amide bonds. The topological polar surface area (TPSA) is 63.8 Å². The molecule has 2 aliphatic carbocycles. The molecule has 20 heavy (non-hydrogen) atoms. The Bertz CT molecular complexity index is 547. The maximum Gasteiger partial charge on any atom is 0.135 e. The molecule has 2 bridgehead atoms. The molecular formula is C16H26N4. The van der Waals surface area contributed by atoms with Gasteiger partial charge in [-0.3, -0.25) is 0 Å². The fourth-order valence-electron chi connectivity index (χ4n) is 4.59. The second-order valence-corrected chi connectivity index (χ2v) is 7.62. The highest BCUT2D eigenvalue weighted by Crippen LogP contribution is 2.63. The van der Waals surface area contributed by atoms with Gasteiger partial charge in [0.15, 0.2) is 0 Å². The Morgan fingerprint density at radius 1 is 1.20 bits per heavy atom. The maximum atomic E-state index is 5.98. The zero-order valence-corrected chi connectivity index (χ0v) is 13.2. The number of fused-ring (bicyclic) bond motifs is 2. The minimum absolute atomic E-state index is 0.313. The number of rotatable bonds is 2. The first-order valence-electron chi connectivity index (χ1n) is 7.61. The maximum absolute atomic E-state index is 5.98. The molecule has 0 aromatic carbocycles. The highest BCUT2D eigenvalue weighted by molar-refractivity contribution is 5.55. The van der Waals surface area contributed by atoms with Gasteiger partial charge in [-0.2, -0.15) is 0 Å². The molecule has 3 rings (SSSR count). The number of hydrogen-bond donors (Lipinski definition) is 2. The minimum Gasteiger partial charge on any atom is -0.383 e. The molecule has 2 aliphatic rings. The Morgan fingerprint density at radius 3 is 2.50 bits per heavy atom. The Labute approximate surface area is 121 Å². The molecule has 3 atom stereocenters. The van der Waals surface area contributed by atoms with E-state index in [2.05, 4.69) is 36.1 Å². The molecule has 110 valence electrons. The smallest absolute Gasteiger partial charge is 0.135 e. The van der Waals surface area contributed by atoms with Crippen LogP contribution in [0.1, 0.15) is 51.4 Å². The van der Waals surface area contributed by atoms with Gasteiger partial charge in [-0.25, -0.2) is 9.97 Å². The van der Waals surface area contributed by atoms with Crippen molar-refractivity contribution in [3.63, 3.8) is 0 Å². The van der Waals surface area contributed by atoms with Gasteiger partial charge < -0.3 is 11.1 Å². The minimum atomic E-state index is 0.313. The molecule has 3 N–H and O–H groups in total. The van der Waals surface area contributed by atoms with E-state index in [-0.39, 0.29) is 0 Å². The summed E-state index contributed by atoms with van der Waals surface area (Å²) in [7, 11) is 0. The lowest BCUT2D eigenvalue weighted by atomic mass is 9.68. The van der Waals surface area contributed by atoms with E-state index in [9.17, 15) is 0 Å². The van der Waals surface area contributed by atoms with Crippen LogP contribution in [0.15, 0.2) is 0 Å². The van der Waals surface area contributed by atoms with Gasteiger partial charge in [0.25, 0.3) is 0 Å². The van der Waals surface area contributed by atoms with Crippen molar-refractivity contribution in [1.29, 1.82) is 0 Å². The SMILES string of the molecule is Cc1nc(N)c(C)c(NC2C3(C)CCC(C3)C2(C)C)n1. The van der Waals surface area contributed by atoms with Crippen LogP contribution in [0.25, 0.3) is 0 Å². The molecule has 0 radical (unpaired) electrons. The van der Waals surface area contributed by atoms with Gasteiger partial charge in [0.2, 0.25) is 0 Å². The summed E-state index contributed by atoms with van der Waals surface area (Å²) < 4.78 is 0. The summed E-state index contributed by atoms with van der Waals surface area (Å²) >= 11 is 0. The lowest BCUT2D eigenvalue weighted by Crippen LogP contribution is -2.46. The normalized spacial score (nSPS) is 34.5. The number of anilines is 2. The molecule has 0 saturated heterocycles. The van der Waals surface area contributed by atoms with Gasteiger partial charge in [0.1, 0.15) is 17.5 Å². The summed E-state index contributed by atoms with van der Waals surface area (Å²) in [5, 5.41) is 3.72. The van der Waals surface area contributed by atoms with E-state index in [1.807, 2.05) is 13.8 Å². The van der Waals surface area contributed by atoms with Crippen molar-refractivity contribution in [2.24, 2.45) is 16.7 Å². The van der Waals surface area contributed by atoms with Crippen molar-refractivity contribution in [2.75, 3.05) is 11.1 Å². The second-order valence-electron chi connectivity index (χ2n) is 7.62. The highest BCUT2D eigenvalue weighted by Gasteiger charge is 2.59. The Kier molecular flexibility index (Phi) is 2.79. The van der Waals surface area contributed by atoms with E-state index in [0.29, 0.717) is 22.7 Å². The zero-order chi connectivity index (χ0) is 14.7. The van der Waals surface area contributed by atoms with Crippen molar-refractivity contribution < 1.29 is 0 Å². The fourth-order valence-corrected chi connectivity index (χ4v) is 4.59. The Hall–Kier alpha value is -1.32. The number of nitrogens with zero attached hydrogens (tertiary/aromatic N) is 2. The molecule has 0 aliphatic heterocycles. The summed E-state index contributed by atoms with van der Waals surface area (Å²) in [5.74, 6) is 3.07. The van der Waals surface area contributed by atoms with E-state index in [1.165, 1.54) is 19.3 Å². The van der Waals surface area contributed by atoms with Gasteiger partial charge in [-0.1, -0.05) is 20.8 Å². The lowest BCUT2D eigenvalue weighted by molar-refractivity contribution is 0.155. The van der Waals surface area contributed by atoms with E-state index in [4.69, 9.17) is 5.73 Å². The largest absolute Gasteiger partial charge is 0.383 e. The van der Waals surface area contributed by atoms with Gasteiger partial charge in [-0.05, 0) is 49.9 Å². The zero-order valence-electron chi connectivity index (χ0n) is 13.2. The number of hydrogen-bond acceptors (Lipinski definition) is 4. The van der Waals surface area contributed by atoms with Crippen LogP contribution < -0.4 is 11.1 Å². The van der Waals surface area contributed by atoms with E-state index >= 15 is 0 Å². The molecule has 1 aromatic rings. The Balaban J connectivity index is 1.96. The summed E-state index contributed by atoms with van der Waals surface area (Å²) in [6, 6.07) is 0.459. The first-order valence-corrected chi connectivity index (χ1v) is 7.61. The molecule has 2 fully saturated rings. The molecular weight excluding hydrogens is 248 g/mol. The molecule has 1 aromatic heterocycles. The summed E-state index contributed by atoms with van der Waals surface area (Å²) in [6.07, 6.45) is 4.01. The van der Waals surface area contributed by atoms with Crippen molar-refractivity contribution in [1.82, 2.24) is 9.97 Å². The fraction of sp³-hybridized carbons (Fsp3) is 0.750. The van der Waals surface area contributed by atoms with Crippen molar-refractivity contribution in [2.45, 2.75) is 59.9 Å². The molecule has 4 nitrogen and oxygen atoms in total. The Morgan fingerprint density at radius 2 is 1.90 bits per heavy atom. The number of nitrogens with two attached hydrogens (primary N) is 1. The first-order chi connectivity index (χ1) is 9.24. The number of aromatic nitrogens is 2. The van der Waals surface area contributed by atoms with Crippen LogP contribution in [0.3, 0.4) is 0 Å². The summed E-state index contributed by atoms with van der Waals surface area (Å²) in [4.78, 5) is 8.81. The summed E-state index contributed by atoms with van der Waals surface area (Å²) in [5.41, 5.74) is 7.65. The van der Waals surface area contributed by atoms with Crippen LogP contribution >= 0.6 is 0 Å². The van der Waals surface area contributed by atoms with Crippen molar-refractivity contribution in [3.8, 4) is 0 Å². The molecule has 1 heterocycles. The third-order valence-corrected chi connectivity index (χ3v) is 5.85. The number of aryl methyl sites for hydroxylation is 1. The van der Waals surface area contributed by atoms with Gasteiger partial charge >= 0.3 is 0 Å². The predicted molar refractivity (Wildman–Crippen MR) is 82.6 cm³/mol. The summed E-state index contributed by atoms with van der Waals surface area (Å²) in [6.45, 7) is 11.1. The third kappa shape index (κ3) is 1.80. The van der Waals surface area contributed by atoms with Crippen LogP contribution in [0.2, 0.25) is 0 Å². The van der Waals surface area contributed by atoms with Gasteiger partial charge in [0.05, 0.1) is 0 Å². The van der Waals surface area contributed by atoms with Crippen molar-refractivity contribution in [3.05, 3.63) is 11.4 Å². The lowest BCUT2D eigenvalue weighted by Gasteiger charge is -2.43. The molecule has 0 spiro atoms. The van der Waals surface area contributed by atoms with Gasteiger partial charge in [0, 0.05) is 11.6 Å². The van der Waals surface area contributed by atoms with Crippen LogP contribution in [0.5, 0.6) is 0 Å². The van der Waals surface area contributed by atoms with Crippen LogP contribution in [0.4, 0.5) is 11.6 Å². The molecule has 3 unspecified atom stereocenters. The predicted octanol–water partition coefficient (Wildman–Crippen LogP) is 3.30. The van der Waals surface area contributed by atoms with E-state index in [0.717, 1.165) is 23.1 Å². The molecule has 2 saturated carbocycles. The molecule has 4 heteroatoms. The van der Waals surface area contributed by atoms with Gasteiger partial charge in [-0.15, -0.1) is 0 Å². The van der Waals surface area contributed by atoms with E-state index in [1.54, 1.807) is 0 Å².